The van der Waals surface area contributed by atoms with Crippen molar-refractivity contribution >= 4 is 39.9 Å². The first-order valence-corrected chi connectivity index (χ1v) is 7.69. The zero-order valence-electron chi connectivity index (χ0n) is 12.5. The lowest BCUT2D eigenvalue weighted by molar-refractivity contribution is -0.168. The number of carbonyl (C=O) groups excluding carboxylic acids is 2. The van der Waals surface area contributed by atoms with Crippen molar-refractivity contribution in [3.05, 3.63) is 46.6 Å². The molecule has 12 heteroatoms. The van der Waals surface area contributed by atoms with E-state index in [1.165, 1.54) is 17.0 Å². The number of carbonyl (C=O) groups is 2. The number of imidazole rings is 1. The molecule has 26 heavy (non-hydrogen) atoms. The van der Waals surface area contributed by atoms with Crippen LogP contribution in [0.3, 0.4) is 0 Å². The van der Waals surface area contributed by atoms with Gasteiger partial charge >= 0.3 is 12.1 Å². The third kappa shape index (κ3) is 3.31. The van der Waals surface area contributed by atoms with Gasteiger partial charge in [-0.05, 0) is 33.6 Å². The number of hydrogen-bond acceptors (Lipinski definition) is 4. The molecule has 0 fully saturated rings. The molecule has 0 radical (unpaired) electrons. The second-order valence-electron chi connectivity index (χ2n) is 5.13. The maximum Gasteiger partial charge on any atom is 0.472 e. The van der Waals surface area contributed by atoms with E-state index in [-0.39, 0.29) is 10.3 Å². The quantitative estimate of drug-likeness (QED) is 0.754. The molecule has 0 saturated heterocycles. The second kappa shape index (κ2) is 6.52. The summed E-state index contributed by atoms with van der Waals surface area (Å²) in [6, 6.07) is 2.78. The van der Waals surface area contributed by atoms with Crippen LogP contribution >= 0.6 is 15.9 Å². The first-order chi connectivity index (χ1) is 12.2. The first-order valence-electron chi connectivity index (χ1n) is 6.90. The molecule has 3 rings (SSSR count). The Labute approximate surface area is 151 Å². The van der Waals surface area contributed by atoms with Gasteiger partial charge in [-0.25, -0.2) is 19.0 Å². The van der Waals surface area contributed by atoms with Crippen molar-refractivity contribution in [2.75, 3.05) is 10.3 Å². The summed E-state index contributed by atoms with van der Waals surface area (Å²) in [5.74, 6) is -3.41. The Bertz CT molecular complexity index is 911. The Balaban J connectivity index is 1.95. The second-order valence-corrected chi connectivity index (χ2v) is 5.98. The molecule has 1 aliphatic heterocycles. The first kappa shape index (κ1) is 18.0. The standard InChI is InChI=1S/C14H8BrF4N5O2/c15-8-3-7(1-2-9(8)16)11-12(25)21-6-23(11)10-4-20-5-24(10)22-13(26)14(17,18)19/h1-6,11H,(H,22,26). The van der Waals surface area contributed by atoms with Crippen LogP contribution in [0.1, 0.15) is 11.6 Å². The molecule has 136 valence electrons. The monoisotopic (exact) mass is 433 g/mol. The Morgan fingerprint density at radius 3 is 2.69 bits per heavy atom. The highest BCUT2D eigenvalue weighted by Gasteiger charge is 2.40. The highest BCUT2D eigenvalue weighted by atomic mass is 79.9. The largest absolute Gasteiger partial charge is 0.472 e. The van der Waals surface area contributed by atoms with Crippen LogP contribution in [0.25, 0.3) is 0 Å². The zero-order valence-corrected chi connectivity index (χ0v) is 14.1. The summed E-state index contributed by atoms with van der Waals surface area (Å²) in [4.78, 5) is 31.8. The van der Waals surface area contributed by atoms with Crippen molar-refractivity contribution in [1.82, 2.24) is 9.66 Å². The Kier molecular flexibility index (Phi) is 4.52. The fraction of sp³-hybridized carbons (Fsp3) is 0.143. The molecule has 1 N–H and O–H groups in total. The van der Waals surface area contributed by atoms with Gasteiger partial charge in [-0.2, -0.15) is 13.2 Å². The maximum atomic E-state index is 13.4. The van der Waals surface area contributed by atoms with Gasteiger partial charge in [0.05, 0.1) is 10.7 Å². The molecule has 2 aromatic rings. The van der Waals surface area contributed by atoms with E-state index in [0.29, 0.717) is 10.2 Å². The number of alkyl halides is 3. The normalized spacial score (nSPS) is 17.0. The molecule has 1 aromatic carbocycles. The number of aromatic nitrogens is 2. The van der Waals surface area contributed by atoms with Gasteiger partial charge in [0.15, 0.2) is 5.82 Å². The van der Waals surface area contributed by atoms with Crippen molar-refractivity contribution in [3.63, 3.8) is 0 Å². The molecule has 0 spiro atoms. The number of aliphatic imine (C=N–C) groups is 1. The molecule has 0 aliphatic carbocycles. The number of hydrogen-bond donors (Lipinski definition) is 1. The van der Waals surface area contributed by atoms with Crippen molar-refractivity contribution < 1.29 is 27.2 Å². The van der Waals surface area contributed by atoms with E-state index in [0.717, 1.165) is 24.9 Å². The fourth-order valence-corrected chi connectivity index (χ4v) is 2.69. The third-order valence-electron chi connectivity index (χ3n) is 3.44. The molecule has 2 amide bonds. The molecule has 2 heterocycles. The van der Waals surface area contributed by atoms with E-state index in [4.69, 9.17) is 0 Å². The number of anilines is 1. The van der Waals surface area contributed by atoms with Gasteiger partial charge in [-0.15, -0.1) is 0 Å². The summed E-state index contributed by atoms with van der Waals surface area (Å²) < 4.78 is 51.6. The zero-order chi connectivity index (χ0) is 19.1. The van der Waals surface area contributed by atoms with E-state index >= 15 is 0 Å². The van der Waals surface area contributed by atoms with Crippen LogP contribution in [-0.2, 0) is 9.59 Å². The molecule has 1 atom stereocenters. The topological polar surface area (TPSA) is 79.6 Å². The van der Waals surface area contributed by atoms with Crippen LogP contribution in [0.2, 0.25) is 0 Å². The Morgan fingerprint density at radius 2 is 2.04 bits per heavy atom. The third-order valence-corrected chi connectivity index (χ3v) is 4.05. The average Bonchev–Trinajstić information content (AvgIpc) is 3.15. The summed E-state index contributed by atoms with van der Waals surface area (Å²) in [7, 11) is 0. The lowest BCUT2D eigenvalue weighted by Gasteiger charge is -2.24. The minimum absolute atomic E-state index is 0.0392. The predicted molar refractivity (Wildman–Crippen MR) is 85.5 cm³/mol. The van der Waals surface area contributed by atoms with Crippen LogP contribution in [0.5, 0.6) is 0 Å². The molecular weight excluding hydrogens is 426 g/mol. The highest BCUT2D eigenvalue weighted by Crippen LogP contribution is 2.32. The van der Waals surface area contributed by atoms with E-state index in [9.17, 15) is 27.2 Å². The van der Waals surface area contributed by atoms with Crippen LogP contribution in [0.15, 0.2) is 40.2 Å². The van der Waals surface area contributed by atoms with Gasteiger partial charge in [-0.3, -0.25) is 19.9 Å². The molecule has 0 bridgehead atoms. The summed E-state index contributed by atoms with van der Waals surface area (Å²) in [6.45, 7) is 0. The molecular formula is C14H8BrF4N5O2. The van der Waals surface area contributed by atoms with Crippen LogP contribution in [0.4, 0.5) is 23.4 Å². The van der Waals surface area contributed by atoms with Gasteiger partial charge in [0, 0.05) is 0 Å². The number of amides is 2. The van der Waals surface area contributed by atoms with Gasteiger partial charge in [0.1, 0.15) is 24.5 Å². The Morgan fingerprint density at radius 1 is 1.31 bits per heavy atom. The number of nitrogens with one attached hydrogen (secondary N) is 1. The van der Waals surface area contributed by atoms with Gasteiger partial charge in [0.25, 0.3) is 5.91 Å². The van der Waals surface area contributed by atoms with Crippen molar-refractivity contribution in [1.29, 1.82) is 0 Å². The van der Waals surface area contributed by atoms with Crippen LogP contribution in [0, 0.1) is 5.82 Å². The van der Waals surface area contributed by atoms with Crippen LogP contribution in [-0.4, -0.2) is 34.0 Å². The number of nitrogens with zero attached hydrogens (tertiary/aromatic N) is 4. The summed E-state index contributed by atoms with van der Waals surface area (Å²) in [6.07, 6.45) is -1.92. The van der Waals surface area contributed by atoms with E-state index in [1.54, 1.807) is 5.43 Å². The smallest absolute Gasteiger partial charge is 0.299 e. The summed E-state index contributed by atoms with van der Waals surface area (Å²) in [5, 5.41) is 0. The molecule has 1 aliphatic rings. The molecule has 1 aromatic heterocycles. The lowest BCUT2D eigenvalue weighted by Crippen LogP contribution is -2.37. The minimum Gasteiger partial charge on any atom is -0.299 e. The fourth-order valence-electron chi connectivity index (χ4n) is 2.29. The van der Waals surface area contributed by atoms with Gasteiger partial charge in [0.2, 0.25) is 0 Å². The van der Waals surface area contributed by atoms with E-state index in [1.807, 2.05) is 0 Å². The van der Waals surface area contributed by atoms with Gasteiger partial charge in [-0.1, -0.05) is 6.07 Å². The summed E-state index contributed by atoms with van der Waals surface area (Å²) >= 11 is 3.01. The number of benzene rings is 1. The summed E-state index contributed by atoms with van der Waals surface area (Å²) in [5.41, 5.74) is 1.96. The molecule has 7 nitrogen and oxygen atoms in total. The highest BCUT2D eigenvalue weighted by molar-refractivity contribution is 9.10. The number of halogens is 5. The average molecular weight is 434 g/mol. The van der Waals surface area contributed by atoms with Crippen molar-refractivity contribution in [2.24, 2.45) is 4.99 Å². The number of rotatable bonds is 3. The predicted octanol–water partition coefficient (Wildman–Crippen LogP) is 2.53. The van der Waals surface area contributed by atoms with Crippen LogP contribution < -0.4 is 10.3 Å². The molecule has 0 saturated carbocycles. The lowest BCUT2D eigenvalue weighted by atomic mass is 10.1. The van der Waals surface area contributed by atoms with E-state index in [2.05, 4.69) is 25.9 Å². The van der Waals surface area contributed by atoms with Crippen molar-refractivity contribution in [3.8, 4) is 0 Å². The Hall–Kier alpha value is -2.76. The van der Waals surface area contributed by atoms with E-state index < -0.39 is 29.8 Å². The minimum atomic E-state index is -5.10. The molecule has 1 unspecified atom stereocenters. The SMILES string of the molecule is O=C1N=CN(c2cncn2NC(=O)C(F)(F)F)C1c1ccc(F)c(Br)c1. The maximum absolute atomic E-state index is 13.4. The van der Waals surface area contributed by atoms with Gasteiger partial charge < -0.3 is 0 Å². The van der Waals surface area contributed by atoms with Crippen molar-refractivity contribution in [2.45, 2.75) is 12.2 Å².